The first kappa shape index (κ1) is 15.0. The van der Waals surface area contributed by atoms with Gasteiger partial charge >= 0.3 is 0 Å². The normalized spacial score (nSPS) is 11.6. The van der Waals surface area contributed by atoms with E-state index in [1.54, 1.807) is 0 Å². The van der Waals surface area contributed by atoms with Crippen molar-refractivity contribution >= 4 is 0 Å². The molecular weight excluding hydrogens is 182 g/mol. The van der Waals surface area contributed by atoms with E-state index in [2.05, 4.69) is 32.6 Å². The monoisotopic (exact) mass is 213 g/mol. The molecule has 0 rings (SSSR count). The van der Waals surface area contributed by atoms with Crippen molar-refractivity contribution in [3.05, 3.63) is 0 Å². The third-order valence-corrected chi connectivity index (χ3v) is 3.15. The average Bonchev–Trinajstić information content (AvgIpc) is 2.22. The van der Waals surface area contributed by atoms with Crippen molar-refractivity contribution in [3.63, 3.8) is 0 Å². The van der Waals surface area contributed by atoms with Gasteiger partial charge in [-0.3, -0.25) is 0 Å². The maximum Gasteiger partial charge on any atom is -0.00190 e. The van der Waals surface area contributed by atoms with Gasteiger partial charge in [0, 0.05) is 0 Å². The predicted octanol–water partition coefficient (Wildman–Crippen LogP) is 4.32. The molecule has 0 atom stereocenters. The molecule has 0 N–H and O–H groups in total. The molecule has 0 radical (unpaired) electrons. The highest BCUT2D eigenvalue weighted by Crippen LogP contribution is 2.10. The maximum absolute atomic E-state index is 2.52. The average molecular weight is 213 g/mol. The fraction of sp³-hybridized carbons (Fsp3) is 1.00. The zero-order valence-corrected chi connectivity index (χ0v) is 11.4. The highest BCUT2D eigenvalue weighted by atomic mass is 15.1. The molecule has 0 aliphatic rings. The van der Waals surface area contributed by atoms with Crippen LogP contribution in [0.25, 0.3) is 0 Å². The molecule has 0 fully saturated rings. The standard InChI is InChI=1S/C14H31N/c1-5-15(6-2)13-11-9-7-8-10-12-14(3)4/h14H,5-13H2,1-4H3. The Kier molecular flexibility index (Phi) is 10.4. The van der Waals surface area contributed by atoms with Crippen molar-refractivity contribution in [1.29, 1.82) is 0 Å². The van der Waals surface area contributed by atoms with E-state index in [1.807, 2.05) is 0 Å². The lowest BCUT2D eigenvalue weighted by Gasteiger charge is -2.17. The molecular formula is C14H31N. The summed E-state index contributed by atoms with van der Waals surface area (Å²) in [6, 6.07) is 0. The van der Waals surface area contributed by atoms with Crippen LogP contribution in [-0.2, 0) is 0 Å². The van der Waals surface area contributed by atoms with Gasteiger partial charge in [0.05, 0.1) is 0 Å². The molecule has 15 heavy (non-hydrogen) atoms. The van der Waals surface area contributed by atoms with E-state index in [-0.39, 0.29) is 0 Å². The smallest absolute Gasteiger partial charge is 0.00190 e. The van der Waals surface area contributed by atoms with Crippen molar-refractivity contribution in [3.8, 4) is 0 Å². The largest absolute Gasteiger partial charge is 0.304 e. The highest BCUT2D eigenvalue weighted by Gasteiger charge is 1.98. The quantitative estimate of drug-likeness (QED) is 0.488. The second kappa shape index (κ2) is 10.5. The molecule has 0 spiro atoms. The Bertz CT molecular complexity index is 117. The zero-order valence-electron chi connectivity index (χ0n) is 11.4. The van der Waals surface area contributed by atoms with E-state index in [0.717, 1.165) is 5.92 Å². The lowest BCUT2D eigenvalue weighted by atomic mass is 10.0. The van der Waals surface area contributed by atoms with E-state index in [9.17, 15) is 0 Å². The van der Waals surface area contributed by atoms with Crippen LogP contribution in [0.2, 0.25) is 0 Å². The Balaban J connectivity index is 3.10. The van der Waals surface area contributed by atoms with Crippen molar-refractivity contribution in [2.24, 2.45) is 5.92 Å². The second-order valence-corrected chi connectivity index (χ2v) is 4.98. The lowest BCUT2D eigenvalue weighted by Crippen LogP contribution is -2.23. The van der Waals surface area contributed by atoms with Gasteiger partial charge in [0.1, 0.15) is 0 Å². The Labute approximate surface area is 97.2 Å². The molecule has 0 amide bonds. The molecule has 92 valence electrons. The SMILES string of the molecule is CCN(CC)CCCCCCCC(C)C. The number of hydrogen-bond donors (Lipinski definition) is 0. The van der Waals surface area contributed by atoms with Crippen LogP contribution in [0.4, 0.5) is 0 Å². The first-order chi connectivity index (χ1) is 7.20. The summed E-state index contributed by atoms with van der Waals surface area (Å²) >= 11 is 0. The third kappa shape index (κ3) is 10.2. The van der Waals surface area contributed by atoms with Crippen LogP contribution >= 0.6 is 0 Å². The van der Waals surface area contributed by atoms with Crippen molar-refractivity contribution in [2.45, 2.75) is 66.2 Å². The van der Waals surface area contributed by atoms with Gasteiger partial charge in [0.15, 0.2) is 0 Å². The summed E-state index contributed by atoms with van der Waals surface area (Å²) in [4.78, 5) is 2.52. The summed E-state index contributed by atoms with van der Waals surface area (Å²) in [5.41, 5.74) is 0. The molecule has 0 saturated carbocycles. The Hall–Kier alpha value is -0.0400. The van der Waals surface area contributed by atoms with Gasteiger partial charge in [-0.1, -0.05) is 59.8 Å². The van der Waals surface area contributed by atoms with Crippen LogP contribution in [0.5, 0.6) is 0 Å². The van der Waals surface area contributed by atoms with Crippen LogP contribution in [0.3, 0.4) is 0 Å². The molecule has 0 aromatic carbocycles. The summed E-state index contributed by atoms with van der Waals surface area (Å²) in [7, 11) is 0. The van der Waals surface area contributed by atoms with Gasteiger partial charge in [-0.05, 0) is 32.0 Å². The summed E-state index contributed by atoms with van der Waals surface area (Å²) in [6.45, 7) is 12.9. The molecule has 0 saturated heterocycles. The topological polar surface area (TPSA) is 3.24 Å². The summed E-state index contributed by atoms with van der Waals surface area (Å²) in [6.07, 6.45) is 8.54. The maximum atomic E-state index is 2.52. The van der Waals surface area contributed by atoms with E-state index in [1.165, 1.54) is 58.2 Å². The molecule has 0 bridgehead atoms. The molecule has 0 heterocycles. The molecule has 0 aliphatic carbocycles. The molecule has 0 aromatic rings. The highest BCUT2D eigenvalue weighted by molar-refractivity contribution is 4.53. The minimum Gasteiger partial charge on any atom is -0.304 e. The van der Waals surface area contributed by atoms with Crippen LogP contribution in [0, 0.1) is 5.92 Å². The van der Waals surface area contributed by atoms with Crippen molar-refractivity contribution in [1.82, 2.24) is 4.90 Å². The number of unbranched alkanes of at least 4 members (excludes halogenated alkanes) is 4. The van der Waals surface area contributed by atoms with Crippen LogP contribution in [0.1, 0.15) is 66.2 Å². The Morgan fingerprint density at radius 1 is 0.800 bits per heavy atom. The molecule has 0 unspecified atom stereocenters. The van der Waals surface area contributed by atoms with E-state index >= 15 is 0 Å². The van der Waals surface area contributed by atoms with Crippen molar-refractivity contribution < 1.29 is 0 Å². The summed E-state index contributed by atoms with van der Waals surface area (Å²) in [5.74, 6) is 0.890. The van der Waals surface area contributed by atoms with Crippen LogP contribution in [0.15, 0.2) is 0 Å². The van der Waals surface area contributed by atoms with Crippen LogP contribution in [-0.4, -0.2) is 24.5 Å². The van der Waals surface area contributed by atoms with Gasteiger partial charge in [0.25, 0.3) is 0 Å². The molecule has 0 aromatic heterocycles. The lowest BCUT2D eigenvalue weighted by molar-refractivity contribution is 0.295. The molecule has 1 heteroatoms. The first-order valence-electron chi connectivity index (χ1n) is 6.93. The fourth-order valence-corrected chi connectivity index (χ4v) is 1.96. The number of hydrogen-bond acceptors (Lipinski definition) is 1. The fourth-order valence-electron chi connectivity index (χ4n) is 1.96. The van der Waals surface area contributed by atoms with Gasteiger partial charge in [-0.25, -0.2) is 0 Å². The second-order valence-electron chi connectivity index (χ2n) is 4.98. The molecule has 1 nitrogen and oxygen atoms in total. The van der Waals surface area contributed by atoms with E-state index in [4.69, 9.17) is 0 Å². The summed E-state index contributed by atoms with van der Waals surface area (Å²) < 4.78 is 0. The first-order valence-corrected chi connectivity index (χ1v) is 6.93. The van der Waals surface area contributed by atoms with Crippen molar-refractivity contribution in [2.75, 3.05) is 19.6 Å². The Morgan fingerprint density at radius 2 is 1.33 bits per heavy atom. The minimum atomic E-state index is 0.890. The van der Waals surface area contributed by atoms with E-state index in [0.29, 0.717) is 0 Å². The van der Waals surface area contributed by atoms with Gasteiger partial charge in [-0.15, -0.1) is 0 Å². The van der Waals surface area contributed by atoms with Gasteiger partial charge in [-0.2, -0.15) is 0 Å². The van der Waals surface area contributed by atoms with Crippen LogP contribution < -0.4 is 0 Å². The van der Waals surface area contributed by atoms with Gasteiger partial charge < -0.3 is 4.90 Å². The zero-order chi connectivity index (χ0) is 11.5. The van der Waals surface area contributed by atoms with Gasteiger partial charge in [0.2, 0.25) is 0 Å². The van der Waals surface area contributed by atoms with E-state index < -0.39 is 0 Å². The predicted molar refractivity (Wildman–Crippen MR) is 70.3 cm³/mol. The molecule has 0 aliphatic heterocycles. The summed E-state index contributed by atoms with van der Waals surface area (Å²) in [5, 5.41) is 0. The number of nitrogens with zero attached hydrogens (tertiary/aromatic N) is 1. The third-order valence-electron chi connectivity index (χ3n) is 3.15. The Morgan fingerprint density at radius 3 is 1.87 bits per heavy atom. The minimum absolute atomic E-state index is 0.890. The number of rotatable bonds is 10.